The normalized spacial score (nSPS) is 11.0. The summed E-state index contributed by atoms with van der Waals surface area (Å²) >= 11 is 2.01. The smallest absolute Gasteiger partial charge is 0.236 e. The molecule has 118 valence electrons. The highest BCUT2D eigenvalue weighted by molar-refractivity contribution is 14.1. The molecule has 0 unspecified atom stereocenters. The Balaban J connectivity index is 2.19. The molecule has 0 radical (unpaired) electrons. The number of benzene rings is 1. The monoisotopic (exact) mass is 419 g/mol. The van der Waals surface area contributed by atoms with Gasteiger partial charge in [0, 0.05) is 18.8 Å². The Morgan fingerprint density at radius 1 is 1.13 bits per heavy atom. The molecule has 2 heterocycles. The summed E-state index contributed by atoms with van der Waals surface area (Å²) in [7, 11) is 1.77. The second-order valence-electron chi connectivity index (χ2n) is 5.76. The predicted octanol–water partition coefficient (Wildman–Crippen LogP) is 3.97. The zero-order chi connectivity index (χ0) is 16.6. The number of likely N-dealkylation sites (N-methyl/N-ethyl adjacent to an activating group) is 1. The van der Waals surface area contributed by atoms with Crippen molar-refractivity contribution < 1.29 is 4.79 Å². The van der Waals surface area contributed by atoms with E-state index < -0.39 is 0 Å². The molecule has 0 saturated carbocycles. The molecule has 23 heavy (non-hydrogen) atoms. The van der Waals surface area contributed by atoms with E-state index in [2.05, 4.69) is 31.2 Å². The van der Waals surface area contributed by atoms with E-state index in [9.17, 15) is 4.79 Å². The molecule has 0 aliphatic carbocycles. The number of hydrogen-bond donors (Lipinski definition) is 0. The van der Waals surface area contributed by atoms with Gasteiger partial charge in [-0.05, 0) is 25.5 Å². The number of hydrogen-bond acceptors (Lipinski definition) is 2. The molecular formula is C18H18IN3O. The number of aryl methyl sites for hydroxylation is 2. The van der Waals surface area contributed by atoms with Crippen molar-refractivity contribution >= 4 is 34.4 Å². The minimum atomic E-state index is 0.0577. The number of aromatic nitrogens is 2. The standard InChI is InChI=1S/C18H18IN3O/c1-12-4-7-14(8-5-12)18-15(10-17(23)21(3)19)22-11-13(2)6-9-16(22)20-18/h4-9,11H,10H2,1-3H3. The molecule has 3 rings (SSSR count). The summed E-state index contributed by atoms with van der Waals surface area (Å²) in [4.78, 5) is 17.0. The van der Waals surface area contributed by atoms with Gasteiger partial charge in [-0.3, -0.25) is 7.91 Å². The topological polar surface area (TPSA) is 37.6 Å². The molecule has 0 N–H and O–H groups in total. The Labute approximate surface area is 149 Å². The maximum Gasteiger partial charge on any atom is 0.236 e. The van der Waals surface area contributed by atoms with E-state index in [0.717, 1.165) is 28.2 Å². The lowest BCUT2D eigenvalue weighted by Crippen LogP contribution is -2.19. The summed E-state index contributed by atoms with van der Waals surface area (Å²) in [6.45, 7) is 4.10. The van der Waals surface area contributed by atoms with Gasteiger partial charge in [0.2, 0.25) is 5.91 Å². The van der Waals surface area contributed by atoms with Gasteiger partial charge in [0.15, 0.2) is 0 Å². The highest BCUT2D eigenvalue weighted by Gasteiger charge is 2.18. The van der Waals surface area contributed by atoms with Crippen molar-refractivity contribution in [1.29, 1.82) is 0 Å². The first-order chi connectivity index (χ1) is 11.0. The fourth-order valence-corrected chi connectivity index (χ4v) is 2.73. The van der Waals surface area contributed by atoms with Crippen LogP contribution in [0.2, 0.25) is 0 Å². The quantitative estimate of drug-likeness (QED) is 0.476. The van der Waals surface area contributed by atoms with E-state index in [-0.39, 0.29) is 5.91 Å². The van der Waals surface area contributed by atoms with Crippen molar-refractivity contribution in [3.8, 4) is 11.3 Å². The lowest BCUT2D eigenvalue weighted by atomic mass is 10.1. The van der Waals surface area contributed by atoms with Gasteiger partial charge in [-0.25, -0.2) is 4.98 Å². The Hall–Kier alpha value is -1.89. The van der Waals surface area contributed by atoms with Crippen LogP contribution >= 0.6 is 22.9 Å². The average molecular weight is 419 g/mol. The van der Waals surface area contributed by atoms with Crippen LogP contribution in [0.15, 0.2) is 42.6 Å². The minimum absolute atomic E-state index is 0.0577. The van der Waals surface area contributed by atoms with Crippen LogP contribution in [0.1, 0.15) is 16.8 Å². The second-order valence-corrected chi connectivity index (χ2v) is 7.20. The molecule has 3 aromatic rings. The van der Waals surface area contributed by atoms with E-state index in [1.54, 1.807) is 10.2 Å². The van der Waals surface area contributed by atoms with Gasteiger partial charge < -0.3 is 4.40 Å². The van der Waals surface area contributed by atoms with E-state index in [1.807, 2.05) is 52.5 Å². The van der Waals surface area contributed by atoms with Gasteiger partial charge >= 0.3 is 0 Å². The molecule has 1 aromatic carbocycles. The van der Waals surface area contributed by atoms with Crippen molar-refractivity contribution in [3.05, 3.63) is 59.4 Å². The first-order valence-electron chi connectivity index (χ1n) is 7.42. The zero-order valence-electron chi connectivity index (χ0n) is 13.4. The third kappa shape index (κ3) is 3.24. The maximum atomic E-state index is 12.3. The summed E-state index contributed by atoms with van der Waals surface area (Å²) in [5.74, 6) is 0.0577. The molecule has 5 heteroatoms. The van der Waals surface area contributed by atoms with Crippen LogP contribution in [0.4, 0.5) is 0 Å². The van der Waals surface area contributed by atoms with Crippen LogP contribution in [-0.4, -0.2) is 25.5 Å². The Kier molecular flexibility index (Phi) is 4.39. The first kappa shape index (κ1) is 16.0. The molecular weight excluding hydrogens is 401 g/mol. The number of amides is 1. The van der Waals surface area contributed by atoms with Gasteiger partial charge in [-0.15, -0.1) is 0 Å². The third-order valence-electron chi connectivity index (χ3n) is 3.85. The van der Waals surface area contributed by atoms with Crippen molar-refractivity contribution in [2.24, 2.45) is 0 Å². The third-order valence-corrected chi connectivity index (χ3v) is 4.39. The van der Waals surface area contributed by atoms with Gasteiger partial charge in [0.1, 0.15) is 5.65 Å². The van der Waals surface area contributed by atoms with Crippen molar-refractivity contribution in [2.75, 3.05) is 7.05 Å². The van der Waals surface area contributed by atoms with Crippen molar-refractivity contribution in [2.45, 2.75) is 20.3 Å². The van der Waals surface area contributed by atoms with Gasteiger partial charge in [0.25, 0.3) is 0 Å². The van der Waals surface area contributed by atoms with E-state index >= 15 is 0 Å². The number of rotatable bonds is 3. The van der Waals surface area contributed by atoms with Gasteiger partial charge in [-0.1, -0.05) is 35.9 Å². The number of carbonyl (C=O) groups is 1. The number of nitrogens with zero attached hydrogens (tertiary/aromatic N) is 3. The van der Waals surface area contributed by atoms with Gasteiger partial charge in [-0.2, -0.15) is 0 Å². The number of fused-ring (bicyclic) bond motifs is 1. The maximum absolute atomic E-state index is 12.3. The Morgan fingerprint density at radius 3 is 2.43 bits per heavy atom. The van der Waals surface area contributed by atoms with Crippen LogP contribution in [0.3, 0.4) is 0 Å². The average Bonchev–Trinajstić information content (AvgIpc) is 2.86. The molecule has 4 nitrogen and oxygen atoms in total. The number of pyridine rings is 1. The lowest BCUT2D eigenvalue weighted by molar-refractivity contribution is -0.123. The summed E-state index contributed by atoms with van der Waals surface area (Å²) in [5.41, 5.74) is 6.06. The SMILES string of the molecule is Cc1ccc(-c2nc3ccc(C)cn3c2CC(=O)N(C)I)cc1. The molecule has 0 atom stereocenters. The summed E-state index contributed by atoms with van der Waals surface area (Å²) < 4.78 is 3.62. The summed E-state index contributed by atoms with van der Waals surface area (Å²) in [6, 6.07) is 12.3. The molecule has 0 spiro atoms. The van der Waals surface area contributed by atoms with Crippen LogP contribution in [0.25, 0.3) is 16.9 Å². The van der Waals surface area contributed by atoms with Crippen LogP contribution in [-0.2, 0) is 11.2 Å². The minimum Gasteiger partial charge on any atom is -0.303 e. The van der Waals surface area contributed by atoms with Crippen molar-refractivity contribution in [1.82, 2.24) is 12.5 Å². The molecule has 0 aliphatic heterocycles. The fraction of sp³-hybridized carbons (Fsp3) is 0.222. The van der Waals surface area contributed by atoms with Crippen LogP contribution in [0, 0.1) is 13.8 Å². The zero-order valence-corrected chi connectivity index (χ0v) is 15.5. The molecule has 2 aromatic heterocycles. The summed E-state index contributed by atoms with van der Waals surface area (Å²) in [5, 5.41) is 0. The largest absolute Gasteiger partial charge is 0.303 e. The number of halogens is 1. The van der Waals surface area contributed by atoms with E-state index in [0.29, 0.717) is 6.42 Å². The predicted molar refractivity (Wildman–Crippen MR) is 101 cm³/mol. The molecule has 0 saturated heterocycles. The number of imidazole rings is 1. The van der Waals surface area contributed by atoms with E-state index in [4.69, 9.17) is 4.98 Å². The molecule has 0 bridgehead atoms. The highest BCUT2D eigenvalue weighted by atomic mass is 127. The second kappa shape index (κ2) is 6.31. The lowest BCUT2D eigenvalue weighted by Gasteiger charge is -2.10. The Bertz CT molecular complexity index is 866. The Morgan fingerprint density at radius 2 is 1.78 bits per heavy atom. The van der Waals surface area contributed by atoms with Crippen molar-refractivity contribution in [3.63, 3.8) is 0 Å². The molecule has 1 amide bonds. The fourth-order valence-electron chi connectivity index (χ4n) is 2.56. The first-order valence-corrected chi connectivity index (χ1v) is 8.39. The van der Waals surface area contributed by atoms with E-state index in [1.165, 1.54) is 5.56 Å². The molecule has 0 aliphatic rings. The van der Waals surface area contributed by atoms with Crippen LogP contribution in [0.5, 0.6) is 0 Å². The van der Waals surface area contributed by atoms with Gasteiger partial charge in [0.05, 0.1) is 40.7 Å². The highest BCUT2D eigenvalue weighted by Crippen LogP contribution is 2.26. The number of carbonyl (C=O) groups excluding carboxylic acids is 1. The summed E-state index contributed by atoms with van der Waals surface area (Å²) in [6.07, 6.45) is 2.36. The molecule has 0 fully saturated rings. The van der Waals surface area contributed by atoms with Crippen LogP contribution < -0.4 is 0 Å².